The van der Waals surface area contributed by atoms with Crippen molar-refractivity contribution in [3.05, 3.63) is 29.3 Å². The van der Waals surface area contributed by atoms with E-state index in [1.165, 1.54) is 0 Å². The lowest BCUT2D eigenvalue weighted by molar-refractivity contribution is -0.0298. The number of hydrogen-bond donors (Lipinski definition) is 1. The number of nitrogens with zero attached hydrogens (tertiary/aromatic N) is 4. The van der Waals surface area contributed by atoms with E-state index in [1.807, 2.05) is 22.8 Å². The van der Waals surface area contributed by atoms with Crippen LogP contribution in [-0.2, 0) is 4.74 Å². The Morgan fingerprint density at radius 1 is 1.22 bits per heavy atom. The van der Waals surface area contributed by atoms with E-state index in [2.05, 4.69) is 36.2 Å². The molecule has 0 spiro atoms. The molecular formula is C18H20BrN5O3. The van der Waals surface area contributed by atoms with E-state index in [4.69, 9.17) is 14.2 Å². The van der Waals surface area contributed by atoms with Crippen LogP contribution < -0.4 is 14.8 Å². The van der Waals surface area contributed by atoms with Gasteiger partial charge in [-0.15, -0.1) is 0 Å². The van der Waals surface area contributed by atoms with Crippen molar-refractivity contribution >= 4 is 38.6 Å². The summed E-state index contributed by atoms with van der Waals surface area (Å²) in [5.41, 5.74) is 2.11. The van der Waals surface area contributed by atoms with Crippen LogP contribution in [0.2, 0.25) is 0 Å². The van der Waals surface area contributed by atoms with Gasteiger partial charge in [0.1, 0.15) is 6.23 Å². The van der Waals surface area contributed by atoms with E-state index < -0.39 is 0 Å². The van der Waals surface area contributed by atoms with Crippen LogP contribution >= 0.6 is 15.9 Å². The molecule has 0 amide bonds. The third-order valence-electron chi connectivity index (χ3n) is 4.52. The molecule has 4 rings (SSSR count). The topological polar surface area (TPSA) is 83.3 Å². The molecule has 1 unspecified atom stereocenters. The number of aromatic nitrogens is 4. The minimum absolute atomic E-state index is 0.0512. The molecule has 1 N–H and O–H groups in total. The number of imidazole rings is 1. The molecule has 1 saturated heterocycles. The van der Waals surface area contributed by atoms with Crippen LogP contribution in [0.15, 0.2) is 29.3 Å². The molecule has 1 aliphatic heterocycles. The largest absolute Gasteiger partial charge is 0.493 e. The third kappa shape index (κ3) is 3.44. The van der Waals surface area contributed by atoms with Crippen molar-refractivity contribution in [3.8, 4) is 11.5 Å². The molecule has 1 aromatic carbocycles. The van der Waals surface area contributed by atoms with Crippen LogP contribution in [0.3, 0.4) is 0 Å². The first-order valence-corrected chi connectivity index (χ1v) is 9.50. The van der Waals surface area contributed by atoms with Gasteiger partial charge in [0.05, 0.1) is 26.2 Å². The number of anilines is 2. The number of methoxy groups -OCH3 is 2. The molecule has 0 radical (unpaired) electrons. The Balaban J connectivity index is 1.76. The van der Waals surface area contributed by atoms with Crippen molar-refractivity contribution in [1.29, 1.82) is 0 Å². The fraction of sp³-hybridized carbons (Fsp3) is 0.389. The van der Waals surface area contributed by atoms with Crippen LogP contribution in [0.1, 0.15) is 25.5 Å². The maximum atomic E-state index is 5.89. The van der Waals surface area contributed by atoms with Gasteiger partial charge in [0.25, 0.3) is 0 Å². The molecule has 2 aromatic heterocycles. The summed E-state index contributed by atoms with van der Waals surface area (Å²) >= 11 is 3.40. The summed E-state index contributed by atoms with van der Waals surface area (Å²) < 4.78 is 19.2. The molecule has 3 aromatic rings. The van der Waals surface area contributed by atoms with Crippen LogP contribution in [-0.4, -0.2) is 40.3 Å². The van der Waals surface area contributed by atoms with Crippen molar-refractivity contribution < 1.29 is 14.2 Å². The highest BCUT2D eigenvalue weighted by molar-refractivity contribution is 9.10. The summed E-state index contributed by atoms with van der Waals surface area (Å²) in [4.78, 5) is 13.5. The Morgan fingerprint density at radius 2 is 2.11 bits per heavy atom. The Labute approximate surface area is 165 Å². The predicted molar refractivity (Wildman–Crippen MR) is 105 cm³/mol. The van der Waals surface area contributed by atoms with E-state index in [0.29, 0.717) is 33.2 Å². The Morgan fingerprint density at radius 3 is 2.85 bits per heavy atom. The first-order chi connectivity index (χ1) is 13.2. The van der Waals surface area contributed by atoms with Gasteiger partial charge in [-0.2, -0.15) is 0 Å². The normalized spacial score (nSPS) is 17.1. The second kappa shape index (κ2) is 7.69. The number of rotatable bonds is 5. The molecular weight excluding hydrogens is 414 g/mol. The smallest absolute Gasteiger partial charge is 0.200 e. The Bertz CT molecular complexity index is 956. The van der Waals surface area contributed by atoms with Gasteiger partial charge in [0, 0.05) is 6.61 Å². The predicted octanol–water partition coefficient (Wildman–Crippen LogP) is 4.05. The summed E-state index contributed by atoms with van der Waals surface area (Å²) in [7, 11) is 3.20. The summed E-state index contributed by atoms with van der Waals surface area (Å²) in [6.45, 7) is 0.753. The fourth-order valence-corrected chi connectivity index (χ4v) is 3.59. The van der Waals surface area contributed by atoms with Gasteiger partial charge in [0.2, 0.25) is 4.73 Å². The lowest BCUT2D eigenvalue weighted by atomic mass is 10.2. The van der Waals surface area contributed by atoms with Crippen LogP contribution in [0, 0.1) is 0 Å². The summed E-state index contributed by atoms with van der Waals surface area (Å²) in [6.07, 6.45) is 4.87. The monoisotopic (exact) mass is 433 g/mol. The van der Waals surface area contributed by atoms with Gasteiger partial charge in [-0.3, -0.25) is 4.57 Å². The fourth-order valence-electron chi connectivity index (χ4n) is 3.24. The van der Waals surface area contributed by atoms with Gasteiger partial charge in [-0.05, 0) is 47.3 Å². The minimum atomic E-state index is -0.0512. The van der Waals surface area contributed by atoms with Crippen molar-refractivity contribution in [2.24, 2.45) is 0 Å². The maximum absolute atomic E-state index is 5.89. The number of ether oxygens (including phenoxy) is 3. The molecule has 3 heterocycles. The minimum Gasteiger partial charge on any atom is -0.493 e. The molecule has 0 aliphatic carbocycles. The molecule has 27 heavy (non-hydrogen) atoms. The number of fused-ring (bicyclic) bond motifs is 1. The van der Waals surface area contributed by atoms with Crippen molar-refractivity contribution in [3.63, 3.8) is 0 Å². The van der Waals surface area contributed by atoms with Gasteiger partial charge >= 0.3 is 0 Å². The first-order valence-electron chi connectivity index (χ1n) is 8.71. The lowest BCUT2D eigenvalue weighted by Crippen LogP contribution is -2.17. The number of nitrogens with one attached hydrogen (secondary N) is 1. The summed E-state index contributed by atoms with van der Waals surface area (Å²) in [5.74, 6) is 1.80. The average Bonchev–Trinajstić information content (AvgIpc) is 3.12. The van der Waals surface area contributed by atoms with Crippen LogP contribution in [0.5, 0.6) is 11.5 Å². The van der Waals surface area contributed by atoms with Crippen LogP contribution in [0.25, 0.3) is 11.2 Å². The SMILES string of the molecule is COc1cccc(Nc2nc(Br)nc3c2ncn3C2CCCCO2)c1OC. The van der Waals surface area contributed by atoms with E-state index in [0.717, 1.165) is 31.6 Å². The van der Waals surface area contributed by atoms with Crippen molar-refractivity contribution in [2.45, 2.75) is 25.5 Å². The number of para-hydroxylation sites is 1. The van der Waals surface area contributed by atoms with Gasteiger partial charge in [0.15, 0.2) is 28.5 Å². The second-order valence-corrected chi connectivity index (χ2v) is 6.86. The number of hydrogen-bond acceptors (Lipinski definition) is 7. The zero-order chi connectivity index (χ0) is 18.8. The first kappa shape index (κ1) is 18.0. The van der Waals surface area contributed by atoms with E-state index >= 15 is 0 Å². The van der Waals surface area contributed by atoms with E-state index in [-0.39, 0.29) is 6.23 Å². The highest BCUT2D eigenvalue weighted by Gasteiger charge is 2.21. The second-order valence-electron chi connectivity index (χ2n) is 6.15. The molecule has 9 heteroatoms. The highest BCUT2D eigenvalue weighted by Crippen LogP contribution is 2.37. The molecule has 1 fully saturated rings. The Kier molecular flexibility index (Phi) is 5.13. The standard InChI is InChI=1S/C18H20BrN5O3/c1-25-12-7-5-6-11(15(12)26-2)21-16-14-17(23-18(19)22-16)24(10-20-14)13-8-3-4-9-27-13/h5-7,10,13H,3-4,8-9H2,1-2H3,(H,21,22,23). The lowest BCUT2D eigenvalue weighted by Gasteiger charge is -2.23. The summed E-state index contributed by atoms with van der Waals surface area (Å²) in [6, 6.07) is 5.61. The molecule has 0 bridgehead atoms. The van der Waals surface area contributed by atoms with Crippen molar-refractivity contribution in [2.75, 3.05) is 26.1 Å². The van der Waals surface area contributed by atoms with E-state index in [1.54, 1.807) is 20.5 Å². The third-order valence-corrected chi connectivity index (χ3v) is 4.87. The van der Waals surface area contributed by atoms with E-state index in [9.17, 15) is 0 Å². The average molecular weight is 434 g/mol. The van der Waals surface area contributed by atoms with Gasteiger partial charge in [-0.1, -0.05) is 6.07 Å². The number of benzene rings is 1. The zero-order valence-corrected chi connectivity index (χ0v) is 16.7. The maximum Gasteiger partial charge on any atom is 0.200 e. The van der Waals surface area contributed by atoms with Gasteiger partial charge < -0.3 is 19.5 Å². The van der Waals surface area contributed by atoms with Gasteiger partial charge in [-0.25, -0.2) is 15.0 Å². The summed E-state index contributed by atoms with van der Waals surface area (Å²) in [5, 5.41) is 3.30. The van der Waals surface area contributed by atoms with Crippen molar-refractivity contribution in [1.82, 2.24) is 19.5 Å². The zero-order valence-electron chi connectivity index (χ0n) is 15.1. The number of halogens is 1. The van der Waals surface area contributed by atoms with Crippen LogP contribution in [0.4, 0.5) is 11.5 Å². The molecule has 0 saturated carbocycles. The molecule has 1 atom stereocenters. The molecule has 8 nitrogen and oxygen atoms in total. The molecule has 1 aliphatic rings. The quantitative estimate of drug-likeness (QED) is 0.607. The Hall–Kier alpha value is -2.39. The molecule has 142 valence electrons. The highest BCUT2D eigenvalue weighted by atomic mass is 79.9.